The van der Waals surface area contributed by atoms with Crippen molar-refractivity contribution in [1.82, 2.24) is 10.3 Å². The fourth-order valence-electron chi connectivity index (χ4n) is 1.43. The molecular weight excluding hydrogens is 188 g/mol. The first kappa shape index (κ1) is 11.9. The maximum atomic E-state index is 11.9. The van der Waals surface area contributed by atoms with Crippen LogP contribution in [-0.2, 0) is 0 Å². The van der Waals surface area contributed by atoms with Crippen LogP contribution in [0.2, 0.25) is 0 Å². The van der Waals surface area contributed by atoms with Crippen LogP contribution in [0, 0.1) is 12.8 Å². The number of nitrogens with one attached hydrogen (secondary N) is 1. The van der Waals surface area contributed by atoms with Crippen LogP contribution in [0.5, 0.6) is 0 Å². The summed E-state index contributed by atoms with van der Waals surface area (Å²) in [6.07, 6.45) is 3.39. The zero-order valence-corrected chi connectivity index (χ0v) is 9.58. The third-order valence-electron chi connectivity index (χ3n) is 2.31. The molecule has 0 amide bonds. The lowest BCUT2D eigenvalue weighted by Crippen LogP contribution is -2.26. The Morgan fingerprint density at radius 2 is 2.27 bits per heavy atom. The lowest BCUT2D eigenvalue weighted by Gasteiger charge is -2.10. The second-order valence-electron chi connectivity index (χ2n) is 3.82. The van der Waals surface area contributed by atoms with Gasteiger partial charge >= 0.3 is 0 Å². The summed E-state index contributed by atoms with van der Waals surface area (Å²) in [7, 11) is 0. The van der Waals surface area contributed by atoms with Crippen molar-refractivity contribution in [1.29, 1.82) is 0 Å². The summed E-state index contributed by atoms with van der Waals surface area (Å²) in [4.78, 5) is 15.9. The van der Waals surface area contributed by atoms with Gasteiger partial charge in [-0.15, -0.1) is 0 Å². The molecule has 1 aromatic rings. The maximum Gasteiger partial charge on any atom is 0.168 e. The molecule has 0 aromatic carbocycles. The molecule has 0 aliphatic heterocycles. The number of hydrogen-bond donors (Lipinski definition) is 1. The predicted octanol–water partition coefficient (Wildman–Crippen LogP) is 1.82. The summed E-state index contributed by atoms with van der Waals surface area (Å²) < 4.78 is 0. The van der Waals surface area contributed by atoms with Crippen LogP contribution in [0.4, 0.5) is 0 Å². The Hall–Kier alpha value is -1.22. The molecule has 0 saturated carbocycles. The quantitative estimate of drug-likeness (QED) is 0.747. The molecule has 0 radical (unpaired) electrons. The summed E-state index contributed by atoms with van der Waals surface area (Å²) in [6, 6.07) is 1.89. The Morgan fingerprint density at radius 3 is 2.87 bits per heavy atom. The van der Waals surface area contributed by atoms with Crippen molar-refractivity contribution in [3.05, 3.63) is 29.6 Å². The lowest BCUT2D eigenvalue weighted by atomic mass is 10.00. The van der Waals surface area contributed by atoms with Crippen LogP contribution >= 0.6 is 0 Å². The van der Waals surface area contributed by atoms with E-state index in [2.05, 4.69) is 10.3 Å². The van der Waals surface area contributed by atoms with Gasteiger partial charge in [-0.1, -0.05) is 13.8 Å². The van der Waals surface area contributed by atoms with E-state index in [1.54, 1.807) is 12.4 Å². The molecule has 82 valence electrons. The molecule has 0 aliphatic carbocycles. The molecule has 0 bridgehead atoms. The number of ketones is 1. The molecular formula is C12H18N2O. The topological polar surface area (TPSA) is 42.0 Å². The third-order valence-corrected chi connectivity index (χ3v) is 2.31. The van der Waals surface area contributed by atoms with Gasteiger partial charge in [-0.3, -0.25) is 9.78 Å². The van der Waals surface area contributed by atoms with E-state index in [0.29, 0.717) is 5.56 Å². The minimum absolute atomic E-state index is 0.00792. The van der Waals surface area contributed by atoms with Crippen LogP contribution in [0.1, 0.15) is 29.8 Å². The number of nitrogens with zero attached hydrogens (tertiary/aromatic N) is 1. The van der Waals surface area contributed by atoms with E-state index in [0.717, 1.165) is 18.7 Å². The van der Waals surface area contributed by atoms with Crippen molar-refractivity contribution in [3.63, 3.8) is 0 Å². The summed E-state index contributed by atoms with van der Waals surface area (Å²) in [5.41, 5.74) is 1.73. The van der Waals surface area contributed by atoms with Gasteiger partial charge in [0.25, 0.3) is 0 Å². The molecule has 0 fully saturated rings. The average molecular weight is 206 g/mol. The van der Waals surface area contributed by atoms with Gasteiger partial charge in [0, 0.05) is 30.4 Å². The predicted molar refractivity (Wildman–Crippen MR) is 61.0 cm³/mol. The van der Waals surface area contributed by atoms with Gasteiger partial charge in [-0.05, 0) is 25.1 Å². The Kier molecular flexibility index (Phi) is 4.43. The molecule has 0 spiro atoms. The van der Waals surface area contributed by atoms with Crippen molar-refractivity contribution in [2.24, 2.45) is 5.92 Å². The van der Waals surface area contributed by atoms with Crippen molar-refractivity contribution in [2.75, 3.05) is 13.1 Å². The number of aromatic nitrogens is 1. The highest BCUT2D eigenvalue weighted by atomic mass is 16.1. The number of carbonyl (C=O) groups excluding carboxylic acids is 1. The molecule has 1 aromatic heterocycles. The van der Waals surface area contributed by atoms with Crippen molar-refractivity contribution >= 4 is 5.78 Å². The zero-order chi connectivity index (χ0) is 11.3. The van der Waals surface area contributed by atoms with Crippen LogP contribution in [0.3, 0.4) is 0 Å². The monoisotopic (exact) mass is 206 g/mol. The summed E-state index contributed by atoms with van der Waals surface area (Å²) in [5.74, 6) is 0.167. The minimum atomic E-state index is 0.00792. The second kappa shape index (κ2) is 5.61. The first-order valence-corrected chi connectivity index (χ1v) is 5.31. The zero-order valence-electron chi connectivity index (χ0n) is 9.58. The van der Waals surface area contributed by atoms with Gasteiger partial charge in [-0.25, -0.2) is 0 Å². The second-order valence-corrected chi connectivity index (χ2v) is 3.82. The summed E-state index contributed by atoms with van der Waals surface area (Å²) in [5, 5.41) is 3.17. The van der Waals surface area contributed by atoms with E-state index in [1.807, 2.05) is 26.8 Å². The van der Waals surface area contributed by atoms with Gasteiger partial charge in [0.1, 0.15) is 0 Å². The Morgan fingerprint density at radius 1 is 1.53 bits per heavy atom. The largest absolute Gasteiger partial charge is 0.316 e. The highest BCUT2D eigenvalue weighted by Crippen LogP contribution is 2.08. The number of Topliss-reactive ketones (excluding diaryl/α,β-unsaturated/α-hetero) is 1. The molecule has 0 aliphatic rings. The standard InChI is InChI=1S/C12H18N2O/c1-4-13-7-10(3)12(15)11-5-9(2)6-14-8-11/h5-6,8,10,13H,4,7H2,1-3H3. The van der Waals surface area contributed by atoms with Gasteiger partial charge in [0.15, 0.2) is 5.78 Å². The highest BCUT2D eigenvalue weighted by Gasteiger charge is 2.14. The van der Waals surface area contributed by atoms with E-state index in [1.165, 1.54) is 0 Å². The normalized spacial score (nSPS) is 12.5. The van der Waals surface area contributed by atoms with Gasteiger partial charge in [-0.2, -0.15) is 0 Å². The van der Waals surface area contributed by atoms with Gasteiger partial charge in [0.2, 0.25) is 0 Å². The summed E-state index contributed by atoms with van der Waals surface area (Å²) in [6.45, 7) is 7.53. The molecule has 1 unspecified atom stereocenters. The first-order valence-electron chi connectivity index (χ1n) is 5.31. The minimum Gasteiger partial charge on any atom is -0.316 e. The Labute approximate surface area is 90.9 Å². The highest BCUT2D eigenvalue weighted by molar-refractivity contribution is 5.97. The van der Waals surface area contributed by atoms with E-state index in [-0.39, 0.29) is 11.7 Å². The van der Waals surface area contributed by atoms with Crippen LogP contribution in [0.25, 0.3) is 0 Å². The van der Waals surface area contributed by atoms with Crippen LogP contribution < -0.4 is 5.32 Å². The molecule has 1 N–H and O–H groups in total. The van der Waals surface area contributed by atoms with Gasteiger partial charge in [0.05, 0.1) is 0 Å². The number of aryl methyl sites for hydroxylation is 1. The molecule has 15 heavy (non-hydrogen) atoms. The Balaban J connectivity index is 2.67. The number of rotatable bonds is 5. The van der Waals surface area contributed by atoms with E-state index < -0.39 is 0 Å². The van der Waals surface area contributed by atoms with Crippen molar-refractivity contribution in [3.8, 4) is 0 Å². The first-order chi connectivity index (χ1) is 7.15. The van der Waals surface area contributed by atoms with Crippen LogP contribution in [-0.4, -0.2) is 23.9 Å². The number of hydrogen-bond acceptors (Lipinski definition) is 3. The molecule has 1 rings (SSSR count). The maximum absolute atomic E-state index is 11.9. The fraction of sp³-hybridized carbons (Fsp3) is 0.500. The molecule has 1 heterocycles. The van der Waals surface area contributed by atoms with Crippen LogP contribution in [0.15, 0.2) is 18.5 Å². The van der Waals surface area contributed by atoms with Crippen molar-refractivity contribution < 1.29 is 4.79 Å². The average Bonchev–Trinajstić information content (AvgIpc) is 2.24. The molecule has 3 heteroatoms. The lowest BCUT2D eigenvalue weighted by molar-refractivity contribution is 0.0929. The van der Waals surface area contributed by atoms with Crippen molar-refractivity contribution in [2.45, 2.75) is 20.8 Å². The summed E-state index contributed by atoms with van der Waals surface area (Å²) >= 11 is 0. The SMILES string of the molecule is CCNCC(C)C(=O)c1cncc(C)c1. The third kappa shape index (κ3) is 3.44. The fourth-order valence-corrected chi connectivity index (χ4v) is 1.43. The van der Waals surface area contributed by atoms with E-state index in [9.17, 15) is 4.79 Å². The number of pyridine rings is 1. The smallest absolute Gasteiger partial charge is 0.168 e. The number of carbonyl (C=O) groups is 1. The van der Waals surface area contributed by atoms with E-state index in [4.69, 9.17) is 0 Å². The molecule has 0 saturated heterocycles. The van der Waals surface area contributed by atoms with E-state index >= 15 is 0 Å². The Bertz CT molecular complexity index is 336. The molecule has 1 atom stereocenters. The molecule has 3 nitrogen and oxygen atoms in total. The van der Waals surface area contributed by atoms with Gasteiger partial charge < -0.3 is 5.32 Å².